The van der Waals surface area contributed by atoms with Gasteiger partial charge in [-0.05, 0) is 37.3 Å². The van der Waals surface area contributed by atoms with Crippen molar-refractivity contribution in [2.75, 3.05) is 11.9 Å². The van der Waals surface area contributed by atoms with Crippen LogP contribution in [-0.2, 0) is 0 Å². The van der Waals surface area contributed by atoms with Crippen LogP contribution in [0.25, 0.3) is 0 Å². The first-order valence-corrected chi connectivity index (χ1v) is 6.09. The Balaban J connectivity index is 2.08. The summed E-state index contributed by atoms with van der Waals surface area (Å²) in [4.78, 5) is 11.0. The molecule has 0 amide bonds. The van der Waals surface area contributed by atoms with Crippen molar-refractivity contribution in [3.05, 3.63) is 41.7 Å². The Hall–Kier alpha value is -1.84. The first kappa shape index (κ1) is 12.6. The minimum atomic E-state index is -1.11. The van der Waals surface area contributed by atoms with E-state index in [0.29, 0.717) is 12.5 Å². The van der Waals surface area contributed by atoms with Crippen LogP contribution in [0.4, 0.5) is 10.1 Å². The summed E-state index contributed by atoms with van der Waals surface area (Å²) >= 11 is 0. The number of para-hydroxylation sites is 1. The highest BCUT2D eigenvalue weighted by molar-refractivity contribution is 5.94. The van der Waals surface area contributed by atoms with E-state index < -0.39 is 11.8 Å². The Labute approximate surface area is 105 Å². The minimum absolute atomic E-state index is 0.0126. The monoisotopic (exact) mass is 249 g/mol. The third-order valence-corrected chi connectivity index (χ3v) is 3.19. The van der Waals surface area contributed by atoms with Crippen molar-refractivity contribution in [3.63, 3.8) is 0 Å². The summed E-state index contributed by atoms with van der Waals surface area (Å²) in [6.45, 7) is 0.603. The molecule has 0 saturated carbocycles. The molecule has 0 aliphatic heterocycles. The number of carboxylic acid groups (broad SMARTS) is 1. The lowest BCUT2D eigenvalue weighted by Gasteiger charge is -2.19. The van der Waals surface area contributed by atoms with Crippen LogP contribution in [0.5, 0.6) is 0 Å². The minimum Gasteiger partial charge on any atom is -0.478 e. The van der Waals surface area contributed by atoms with Crippen LogP contribution < -0.4 is 5.32 Å². The third kappa shape index (κ3) is 2.88. The molecule has 1 aromatic carbocycles. The zero-order valence-electron chi connectivity index (χ0n) is 10.0. The number of hydrogen-bond acceptors (Lipinski definition) is 2. The summed E-state index contributed by atoms with van der Waals surface area (Å²) in [5, 5.41) is 12.0. The van der Waals surface area contributed by atoms with Gasteiger partial charge in [-0.3, -0.25) is 0 Å². The van der Waals surface area contributed by atoms with Crippen molar-refractivity contribution in [2.24, 2.45) is 5.92 Å². The van der Waals surface area contributed by atoms with E-state index >= 15 is 0 Å². The van der Waals surface area contributed by atoms with Gasteiger partial charge in [-0.25, -0.2) is 9.18 Å². The van der Waals surface area contributed by atoms with Crippen molar-refractivity contribution >= 4 is 11.7 Å². The molecule has 2 rings (SSSR count). The van der Waals surface area contributed by atoms with Crippen LogP contribution in [0, 0.1) is 11.7 Å². The van der Waals surface area contributed by atoms with E-state index in [1.54, 1.807) is 0 Å². The Morgan fingerprint density at radius 1 is 1.44 bits per heavy atom. The molecule has 1 unspecified atom stereocenters. The second-order valence-corrected chi connectivity index (χ2v) is 4.50. The van der Waals surface area contributed by atoms with E-state index in [9.17, 15) is 9.18 Å². The van der Waals surface area contributed by atoms with Crippen molar-refractivity contribution in [2.45, 2.75) is 19.3 Å². The van der Waals surface area contributed by atoms with Crippen LogP contribution in [0.3, 0.4) is 0 Å². The smallest absolute Gasteiger partial charge is 0.337 e. The number of carbonyl (C=O) groups is 1. The Kier molecular flexibility index (Phi) is 3.97. The van der Waals surface area contributed by atoms with Gasteiger partial charge in [0.2, 0.25) is 0 Å². The lowest BCUT2D eigenvalue weighted by atomic mass is 9.94. The molecule has 0 aromatic heterocycles. The predicted octanol–water partition coefficient (Wildman–Crippen LogP) is 3.29. The molecule has 0 radical (unpaired) electrons. The number of benzene rings is 1. The quantitative estimate of drug-likeness (QED) is 0.805. The molecule has 96 valence electrons. The maximum Gasteiger partial charge on any atom is 0.337 e. The Bertz CT molecular complexity index is 471. The van der Waals surface area contributed by atoms with Crippen LogP contribution in [0.15, 0.2) is 30.4 Å². The fourth-order valence-electron chi connectivity index (χ4n) is 2.17. The molecule has 4 heteroatoms. The average molecular weight is 249 g/mol. The van der Waals surface area contributed by atoms with Crippen LogP contribution >= 0.6 is 0 Å². The number of hydrogen-bond donors (Lipinski definition) is 2. The van der Waals surface area contributed by atoms with Gasteiger partial charge in [-0.15, -0.1) is 0 Å². The van der Waals surface area contributed by atoms with Gasteiger partial charge in [0, 0.05) is 6.54 Å². The molecule has 18 heavy (non-hydrogen) atoms. The maximum atomic E-state index is 13.6. The summed E-state index contributed by atoms with van der Waals surface area (Å²) in [6, 6.07) is 4.09. The molecular weight excluding hydrogens is 233 g/mol. The number of allylic oxidation sites excluding steroid dienone is 2. The number of anilines is 1. The summed E-state index contributed by atoms with van der Waals surface area (Å²) in [5.74, 6) is -1.18. The fraction of sp³-hybridized carbons (Fsp3) is 0.357. The molecule has 1 aromatic rings. The van der Waals surface area contributed by atoms with Gasteiger partial charge in [-0.1, -0.05) is 18.2 Å². The summed E-state index contributed by atoms with van der Waals surface area (Å²) in [7, 11) is 0. The van der Waals surface area contributed by atoms with Crippen molar-refractivity contribution in [1.29, 1.82) is 0 Å². The van der Waals surface area contributed by atoms with E-state index in [1.165, 1.54) is 18.2 Å². The molecule has 0 spiro atoms. The zero-order chi connectivity index (χ0) is 13.0. The summed E-state index contributed by atoms with van der Waals surface area (Å²) < 4.78 is 13.6. The van der Waals surface area contributed by atoms with Gasteiger partial charge in [0.1, 0.15) is 5.82 Å². The third-order valence-electron chi connectivity index (χ3n) is 3.19. The number of halogens is 1. The Morgan fingerprint density at radius 2 is 2.28 bits per heavy atom. The highest BCUT2D eigenvalue weighted by atomic mass is 19.1. The number of nitrogens with one attached hydrogen (secondary N) is 1. The molecule has 0 fully saturated rings. The molecule has 3 nitrogen and oxygen atoms in total. The van der Waals surface area contributed by atoms with Gasteiger partial charge < -0.3 is 10.4 Å². The molecule has 0 bridgehead atoms. The van der Waals surface area contributed by atoms with E-state index in [4.69, 9.17) is 5.11 Å². The van der Waals surface area contributed by atoms with Gasteiger partial charge in [0.25, 0.3) is 0 Å². The van der Waals surface area contributed by atoms with E-state index in [-0.39, 0.29) is 11.3 Å². The molecule has 0 heterocycles. The molecule has 2 N–H and O–H groups in total. The van der Waals surface area contributed by atoms with Gasteiger partial charge in [0.05, 0.1) is 11.3 Å². The zero-order valence-corrected chi connectivity index (χ0v) is 10.0. The van der Waals surface area contributed by atoms with E-state index in [2.05, 4.69) is 17.5 Å². The molecular formula is C14H16FNO2. The lowest BCUT2D eigenvalue weighted by molar-refractivity contribution is 0.0697. The highest BCUT2D eigenvalue weighted by Gasteiger charge is 2.16. The highest BCUT2D eigenvalue weighted by Crippen LogP contribution is 2.23. The number of carboxylic acids is 1. The predicted molar refractivity (Wildman–Crippen MR) is 68.3 cm³/mol. The Morgan fingerprint density at radius 3 is 2.94 bits per heavy atom. The summed E-state index contributed by atoms with van der Waals surface area (Å²) in [6.07, 6.45) is 7.32. The van der Waals surface area contributed by atoms with Crippen LogP contribution in [-0.4, -0.2) is 17.6 Å². The average Bonchev–Trinajstić information content (AvgIpc) is 2.38. The largest absolute Gasteiger partial charge is 0.478 e. The number of rotatable bonds is 4. The standard InChI is InChI=1S/C14H16FNO2/c15-12-8-4-7-11(14(17)18)13(12)16-9-10-5-2-1-3-6-10/h1-2,4,7-8,10,16H,3,5-6,9H2,(H,17,18). The molecule has 1 aliphatic carbocycles. The molecule has 0 saturated heterocycles. The SMILES string of the molecule is O=C(O)c1cccc(F)c1NCC1CC=CCC1. The maximum absolute atomic E-state index is 13.6. The topological polar surface area (TPSA) is 49.3 Å². The van der Waals surface area contributed by atoms with E-state index in [1.807, 2.05) is 0 Å². The second-order valence-electron chi connectivity index (χ2n) is 4.50. The van der Waals surface area contributed by atoms with E-state index in [0.717, 1.165) is 19.3 Å². The van der Waals surface area contributed by atoms with Crippen molar-refractivity contribution in [1.82, 2.24) is 0 Å². The van der Waals surface area contributed by atoms with Gasteiger partial charge in [0.15, 0.2) is 0 Å². The van der Waals surface area contributed by atoms with Crippen LogP contribution in [0.2, 0.25) is 0 Å². The first-order valence-electron chi connectivity index (χ1n) is 6.09. The van der Waals surface area contributed by atoms with Gasteiger partial charge >= 0.3 is 5.97 Å². The fourth-order valence-corrected chi connectivity index (χ4v) is 2.17. The number of aromatic carboxylic acids is 1. The van der Waals surface area contributed by atoms with Crippen molar-refractivity contribution < 1.29 is 14.3 Å². The lowest BCUT2D eigenvalue weighted by Crippen LogP contribution is -2.17. The molecule has 1 atom stereocenters. The summed E-state index contributed by atoms with van der Waals surface area (Å²) in [5.41, 5.74) is 0.0842. The first-order chi connectivity index (χ1) is 8.68. The van der Waals surface area contributed by atoms with Gasteiger partial charge in [-0.2, -0.15) is 0 Å². The second kappa shape index (κ2) is 5.67. The van der Waals surface area contributed by atoms with Crippen LogP contribution in [0.1, 0.15) is 29.6 Å². The van der Waals surface area contributed by atoms with Crippen molar-refractivity contribution in [3.8, 4) is 0 Å². The normalized spacial score (nSPS) is 18.6. The molecule has 1 aliphatic rings.